The van der Waals surface area contributed by atoms with Gasteiger partial charge >= 0.3 is 6.18 Å². The van der Waals surface area contributed by atoms with Gasteiger partial charge in [-0.3, -0.25) is 0 Å². The highest BCUT2D eigenvalue weighted by molar-refractivity contribution is 7.87. The van der Waals surface area contributed by atoms with E-state index in [1.807, 2.05) is 0 Å². The summed E-state index contributed by atoms with van der Waals surface area (Å²) in [5.74, 6) is 0. The first kappa shape index (κ1) is 14.2. The molecule has 98 valence electrons. The van der Waals surface area contributed by atoms with Crippen LogP contribution in [0, 0.1) is 11.3 Å². The molecule has 1 atom stereocenters. The van der Waals surface area contributed by atoms with Crippen molar-refractivity contribution in [1.82, 2.24) is 14.3 Å². The van der Waals surface area contributed by atoms with Gasteiger partial charge in [0.1, 0.15) is 12.6 Å². The highest BCUT2D eigenvalue weighted by Gasteiger charge is 2.36. The van der Waals surface area contributed by atoms with Gasteiger partial charge in [0, 0.05) is 19.6 Å². The molecule has 1 heterocycles. The zero-order valence-electron chi connectivity index (χ0n) is 8.66. The summed E-state index contributed by atoms with van der Waals surface area (Å²) in [5.41, 5.74) is 0. The summed E-state index contributed by atoms with van der Waals surface area (Å²) < 4.78 is 61.0. The normalized spacial score (nSPS) is 23.3. The highest BCUT2D eigenvalue weighted by atomic mass is 32.2. The van der Waals surface area contributed by atoms with Gasteiger partial charge < -0.3 is 5.32 Å². The van der Waals surface area contributed by atoms with E-state index in [9.17, 15) is 21.6 Å². The SMILES string of the molecule is N#CC1CNCCN1S(=O)(=O)NCC(F)(F)F. The monoisotopic (exact) mass is 272 g/mol. The summed E-state index contributed by atoms with van der Waals surface area (Å²) in [4.78, 5) is 0. The van der Waals surface area contributed by atoms with Gasteiger partial charge in [-0.2, -0.15) is 35.9 Å². The summed E-state index contributed by atoms with van der Waals surface area (Å²) in [5, 5.41) is 11.5. The van der Waals surface area contributed by atoms with E-state index in [0.29, 0.717) is 6.54 Å². The van der Waals surface area contributed by atoms with Crippen molar-refractivity contribution in [3.8, 4) is 6.07 Å². The van der Waals surface area contributed by atoms with Crippen LogP contribution in [-0.2, 0) is 10.2 Å². The van der Waals surface area contributed by atoms with E-state index < -0.39 is 29.0 Å². The Morgan fingerprint density at radius 3 is 2.71 bits per heavy atom. The first-order valence-electron chi connectivity index (χ1n) is 4.70. The van der Waals surface area contributed by atoms with Gasteiger partial charge in [0.25, 0.3) is 10.2 Å². The van der Waals surface area contributed by atoms with Gasteiger partial charge in [-0.25, -0.2) is 0 Å². The van der Waals surface area contributed by atoms with Gasteiger partial charge in [0.15, 0.2) is 0 Å². The molecule has 0 aromatic carbocycles. The molecular formula is C7H11F3N4O2S. The van der Waals surface area contributed by atoms with Gasteiger partial charge in [-0.05, 0) is 0 Å². The third-order valence-corrected chi connectivity index (χ3v) is 3.67. The molecule has 1 unspecified atom stereocenters. The fourth-order valence-electron chi connectivity index (χ4n) is 1.34. The number of nitrogens with one attached hydrogen (secondary N) is 2. The average Bonchev–Trinajstić information content (AvgIpc) is 2.26. The minimum Gasteiger partial charge on any atom is -0.313 e. The molecule has 2 N–H and O–H groups in total. The molecule has 1 rings (SSSR count). The molecule has 0 aliphatic carbocycles. The maximum Gasteiger partial charge on any atom is 0.402 e. The Kier molecular flexibility index (Phi) is 4.31. The molecule has 1 saturated heterocycles. The number of alkyl halides is 3. The minimum absolute atomic E-state index is 0.0363. The first-order chi connectivity index (χ1) is 7.76. The molecule has 0 radical (unpaired) electrons. The second kappa shape index (κ2) is 5.18. The second-order valence-electron chi connectivity index (χ2n) is 3.40. The molecule has 1 fully saturated rings. The van der Waals surface area contributed by atoms with E-state index in [1.165, 1.54) is 4.72 Å². The average molecular weight is 272 g/mol. The van der Waals surface area contributed by atoms with Crippen LogP contribution in [0.3, 0.4) is 0 Å². The summed E-state index contributed by atoms with van der Waals surface area (Å²) in [7, 11) is -4.28. The molecule has 10 heteroatoms. The largest absolute Gasteiger partial charge is 0.402 e. The molecule has 1 aliphatic rings. The maximum atomic E-state index is 11.9. The Labute approximate surface area is 96.6 Å². The van der Waals surface area contributed by atoms with Crippen molar-refractivity contribution in [1.29, 1.82) is 5.26 Å². The Morgan fingerprint density at radius 1 is 1.53 bits per heavy atom. The van der Waals surface area contributed by atoms with Crippen molar-refractivity contribution < 1.29 is 21.6 Å². The third kappa shape index (κ3) is 4.12. The molecule has 1 aliphatic heterocycles. The first-order valence-corrected chi connectivity index (χ1v) is 6.14. The van der Waals surface area contributed by atoms with Crippen LogP contribution in [0.25, 0.3) is 0 Å². The van der Waals surface area contributed by atoms with Crippen LogP contribution in [0.1, 0.15) is 0 Å². The molecular weight excluding hydrogens is 261 g/mol. The zero-order valence-corrected chi connectivity index (χ0v) is 9.48. The Bertz CT molecular complexity index is 402. The molecule has 0 aromatic rings. The lowest BCUT2D eigenvalue weighted by molar-refractivity contribution is -0.121. The lowest BCUT2D eigenvalue weighted by Crippen LogP contribution is -2.56. The lowest BCUT2D eigenvalue weighted by Gasteiger charge is -2.30. The summed E-state index contributed by atoms with van der Waals surface area (Å²) in [6, 6.07) is 0.729. The van der Waals surface area contributed by atoms with Crippen molar-refractivity contribution in [3.05, 3.63) is 0 Å². The second-order valence-corrected chi connectivity index (χ2v) is 5.11. The van der Waals surface area contributed by atoms with Crippen LogP contribution in [0.15, 0.2) is 0 Å². The van der Waals surface area contributed by atoms with Crippen LogP contribution in [0.2, 0.25) is 0 Å². The van der Waals surface area contributed by atoms with Crippen LogP contribution in [0.4, 0.5) is 13.2 Å². The van der Waals surface area contributed by atoms with Crippen LogP contribution < -0.4 is 10.0 Å². The van der Waals surface area contributed by atoms with Crippen molar-refractivity contribution in [2.24, 2.45) is 0 Å². The fourth-order valence-corrected chi connectivity index (χ4v) is 2.64. The van der Waals surface area contributed by atoms with Crippen molar-refractivity contribution in [2.45, 2.75) is 12.2 Å². The van der Waals surface area contributed by atoms with Gasteiger partial charge in [-0.15, -0.1) is 0 Å². The Balaban J connectivity index is 2.72. The molecule has 0 amide bonds. The summed E-state index contributed by atoms with van der Waals surface area (Å²) >= 11 is 0. The van der Waals surface area contributed by atoms with Gasteiger partial charge in [0.2, 0.25) is 0 Å². The van der Waals surface area contributed by atoms with E-state index in [0.717, 1.165) is 4.31 Å². The van der Waals surface area contributed by atoms with E-state index in [2.05, 4.69) is 5.32 Å². The molecule has 0 bridgehead atoms. The van der Waals surface area contributed by atoms with Gasteiger partial charge in [0.05, 0.1) is 6.07 Å². The number of rotatable bonds is 3. The lowest BCUT2D eigenvalue weighted by atomic mass is 10.3. The summed E-state index contributed by atoms with van der Waals surface area (Å²) in [6.07, 6.45) is -4.62. The van der Waals surface area contributed by atoms with Crippen LogP contribution >= 0.6 is 0 Å². The number of hydrogen-bond acceptors (Lipinski definition) is 4. The smallest absolute Gasteiger partial charge is 0.313 e. The van der Waals surface area contributed by atoms with E-state index in [-0.39, 0.29) is 13.1 Å². The van der Waals surface area contributed by atoms with Crippen LogP contribution in [0.5, 0.6) is 0 Å². The number of nitrogens with zero attached hydrogens (tertiary/aromatic N) is 2. The molecule has 0 spiro atoms. The van der Waals surface area contributed by atoms with E-state index >= 15 is 0 Å². The number of piperazine rings is 1. The summed E-state index contributed by atoms with van der Waals surface area (Å²) in [6.45, 7) is -1.28. The van der Waals surface area contributed by atoms with E-state index in [1.54, 1.807) is 6.07 Å². The zero-order chi connectivity index (χ0) is 13.1. The molecule has 6 nitrogen and oxygen atoms in total. The number of halogens is 3. The Hall–Kier alpha value is -0.890. The minimum atomic E-state index is -4.62. The standard InChI is InChI=1S/C7H11F3N4O2S/c8-7(9,10)5-13-17(15,16)14-2-1-12-4-6(14)3-11/h6,12-13H,1-2,4-5H2. The molecule has 0 aromatic heterocycles. The third-order valence-electron chi connectivity index (χ3n) is 2.11. The highest BCUT2D eigenvalue weighted by Crippen LogP contribution is 2.14. The maximum absolute atomic E-state index is 11.9. The van der Waals surface area contributed by atoms with Crippen molar-refractivity contribution in [3.63, 3.8) is 0 Å². The van der Waals surface area contributed by atoms with Crippen molar-refractivity contribution in [2.75, 3.05) is 26.2 Å². The van der Waals surface area contributed by atoms with Crippen molar-refractivity contribution >= 4 is 10.2 Å². The quantitative estimate of drug-likeness (QED) is 0.703. The predicted molar refractivity (Wildman–Crippen MR) is 52.0 cm³/mol. The Morgan fingerprint density at radius 2 is 2.18 bits per heavy atom. The topological polar surface area (TPSA) is 85.2 Å². The van der Waals surface area contributed by atoms with E-state index in [4.69, 9.17) is 5.26 Å². The molecule has 17 heavy (non-hydrogen) atoms. The number of nitriles is 1. The predicted octanol–water partition coefficient (Wildman–Crippen LogP) is -0.820. The fraction of sp³-hybridized carbons (Fsp3) is 0.857. The van der Waals surface area contributed by atoms with Gasteiger partial charge in [-0.1, -0.05) is 0 Å². The van der Waals surface area contributed by atoms with Crippen LogP contribution in [-0.4, -0.2) is 51.1 Å². The number of hydrogen-bond donors (Lipinski definition) is 2. The molecule has 0 saturated carbocycles.